The van der Waals surface area contributed by atoms with E-state index in [2.05, 4.69) is 9.71 Å². The Hall–Kier alpha value is -3.49. The minimum absolute atomic E-state index is 0.0349. The molecular weight excluding hydrogens is 726 g/mol. The number of ether oxygens (including phenoxy) is 3. The van der Waals surface area contributed by atoms with Crippen molar-refractivity contribution in [1.82, 2.24) is 14.6 Å². The summed E-state index contributed by atoms with van der Waals surface area (Å²) in [5.41, 5.74) is -1.47. The number of pyridine rings is 1. The summed E-state index contributed by atoms with van der Waals surface area (Å²) in [5, 5.41) is 0.925. The van der Waals surface area contributed by atoms with Crippen LogP contribution >= 0.6 is 11.6 Å². The van der Waals surface area contributed by atoms with E-state index in [0.29, 0.717) is 53.1 Å². The molecule has 2 amide bonds. The highest BCUT2D eigenvalue weighted by molar-refractivity contribution is 7.85. The number of halogens is 1. The molecule has 2 heterocycles. The Kier molecular flexibility index (Phi) is 11.3. The van der Waals surface area contributed by atoms with Gasteiger partial charge in [0, 0.05) is 24.4 Å². The van der Waals surface area contributed by atoms with Crippen LogP contribution in [0.3, 0.4) is 0 Å². The number of hydrogen-bond acceptors (Lipinski definition) is 11. The Balaban J connectivity index is 1.27. The Morgan fingerprint density at radius 1 is 1.04 bits per heavy atom. The molecule has 13 nitrogen and oxygen atoms in total. The van der Waals surface area contributed by atoms with Gasteiger partial charge in [-0.15, -0.1) is 0 Å². The molecule has 1 aliphatic heterocycles. The summed E-state index contributed by atoms with van der Waals surface area (Å²) in [6, 6.07) is 4.16. The average Bonchev–Trinajstić information content (AvgIpc) is 3.92. The summed E-state index contributed by atoms with van der Waals surface area (Å²) in [7, 11) is -2.84. The Bertz CT molecular complexity index is 1860. The van der Waals surface area contributed by atoms with Crippen molar-refractivity contribution >= 4 is 56.4 Å². The number of amides is 2. The zero-order valence-electron chi connectivity index (χ0n) is 31.0. The van der Waals surface area contributed by atoms with Gasteiger partial charge in [-0.25, -0.2) is 4.72 Å². The van der Waals surface area contributed by atoms with Crippen LogP contribution in [0.1, 0.15) is 98.3 Å². The van der Waals surface area contributed by atoms with Gasteiger partial charge in [-0.3, -0.25) is 28.3 Å². The number of ketones is 1. The number of rotatable bonds is 15. The molecule has 1 N–H and O–H groups in total. The number of carbonyl (C=O) groups excluding carboxylic acids is 4. The van der Waals surface area contributed by atoms with Crippen LogP contribution < -0.4 is 14.2 Å². The zero-order chi connectivity index (χ0) is 38.3. The summed E-state index contributed by atoms with van der Waals surface area (Å²) in [4.78, 5) is 61.7. The lowest BCUT2D eigenvalue weighted by molar-refractivity contribution is -0.156. The van der Waals surface area contributed by atoms with Gasteiger partial charge in [0.2, 0.25) is 11.8 Å². The Morgan fingerprint density at radius 2 is 1.75 bits per heavy atom. The molecule has 53 heavy (non-hydrogen) atoms. The van der Waals surface area contributed by atoms with Crippen LogP contribution in [-0.4, -0.2) is 79.9 Å². The van der Waals surface area contributed by atoms with Gasteiger partial charge in [0.25, 0.3) is 0 Å². The summed E-state index contributed by atoms with van der Waals surface area (Å²) in [6.07, 6.45) is 5.62. The second kappa shape index (κ2) is 15.3. The molecule has 1 aromatic heterocycles. The monoisotopic (exact) mass is 775 g/mol. The third-order valence-electron chi connectivity index (χ3n) is 11.2. The molecule has 6 rings (SSSR count). The minimum atomic E-state index is -4.35. The standard InChI is InChI=1S/C38H50ClN3O10S/c1-6-22-19-38(22,36(46)41-53(47,48)52-24-11-12-24)20-29(43)28-17-25(50-30-15-16-40-34-26(30)13-14-31(49-5)33(34)39)21-42(28)35(45)27(37(2,3)4)18-32(44)51-23-9-7-8-10-23/h13-16,22-25,27-28H,6-12,17-21H2,1-5H3,(H,41,46)/t22-,25-,27-,28+,38-/m1/s1. The number of hydrogen-bond donors (Lipinski definition) is 1. The second-order valence-electron chi connectivity index (χ2n) is 16.1. The van der Waals surface area contributed by atoms with E-state index in [1.165, 1.54) is 12.0 Å². The van der Waals surface area contributed by atoms with Crippen LogP contribution in [0.15, 0.2) is 24.4 Å². The lowest BCUT2D eigenvalue weighted by Gasteiger charge is -2.35. The number of esters is 1. The first-order chi connectivity index (χ1) is 25.0. The molecule has 3 aliphatic carbocycles. The maximum absolute atomic E-state index is 14.6. The van der Waals surface area contributed by atoms with E-state index in [1.807, 2.05) is 27.7 Å². The smallest absolute Gasteiger partial charge is 0.362 e. The van der Waals surface area contributed by atoms with E-state index >= 15 is 0 Å². The highest BCUT2D eigenvalue weighted by atomic mass is 35.5. The third kappa shape index (κ3) is 8.75. The topological polar surface area (TPSA) is 168 Å². The van der Waals surface area contributed by atoms with Gasteiger partial charge in [0.15, 0.2) is 5.78 Å². The molecule has 3 saturated carbocycles. The number of methoxy groups -OCH3 is 1. The fourth-order valence-electron chi connectivity index (χ4n) is 7.89. The number of benzene rings is 1. The van der Waals surface area contributed by atoms with Crippen LogP contribution in [0.4, 0.5) is 0 Å². The highest BCUT2D eigenvalue weighted by Crippen LogP contribution is 2.58. The highest BCUT2D eigenvalue weighted by Gasteiger charge is 2.61. The number of fused-ring (bicyclic) bond motifs is 1. The van der Waals surface area contributed by atoms with Gasteiger partial charge in [-0.1, -0.05) is 45.7 Å². The van der Waals surface area contributed by atoms with Crippen molar-refractivity contribution in [2.24, 2.45) is 22.7 Å². The van der Waals surface area contributed by atoms with Gasteiger partial charge < -0.3 is 19.1 Å². The average molecular weight is 776 g/mol. The van der Waals surface area contributed by atoms with Crippen LogP contribution in [-0.2, 0) is 38.4 Å². The molecule has 290 valence electrons. The molecule has 0 bridgehead atoms. The number of Topliss-reactive ketones (excluding diaryl/α,β-unsaturated/α-hetero) is 1. The molecule has 0 radical (unpaired) electrons. The molecule has 0 spiro atoms. The van der Waals surface area contributed by atoms with Crippen molar-refractivity contribution in [3.8, 4) is 11.5 Å². The van der Waals surface area contributed by atoms with Gasteiger partial charge in [0.1, 0.15) is 28.7 Å². The fourth-order valence-corrected chi connectivity index (χ4v) is 9.20. The third-order valence-corrected chi connectivity index (χ3v) is 12.5. The molecule has 1 aromatic carbocycles. The first kappa shape index (κ1) is 39.2. The Labute approximate surface area is 316 Å². The fraction of sp³-hybridized carbons (Fsp3) is 0.658. The summed E-state index contributed by atoms with van der Waals surface area (Å²) >= 11 is 6.56. The summed E-state index contributed by atoms with van der Waals surface area (Å²) < 4.78 is 49.9. The predicted octanol–water partition coefficient (Wildman–Crippen LogP) is 5.70. The van der Waals surface area contributed by atoms with Crippen molar-refractivity contribution in [2.45, 2.75) is 123 Å². The minimum Gasteiger partial charge on any atom is -0.495 e. The largest absolute Gasteiger partial charge is 0.495 e. The SMILES string of the molecule is CC[C@@H]1C[C@]1(CC(=O)[C@@H]1C[C@@H](Oc2ccnc3c(Cl)c(OC)ccc23)CN1C(=O)[C@@H](CC(=O)OC1CCCC1)C(C)(C)C)C(=O)NS(=O)(=O)OC1CC1. The molecular formula is C38H50ClN3O10S. The van der Waals surface area contributed by atoms with Gasteiger partial charge >= 0.3 is 16.3 Å². The van der Waals surface area contributed by atoms with Crippen LogP contribution in [0.25, 0.3) is 10.9 Å². The van der Waals surface area contributed by atoms with Gasteiger partial charge in [-0.2, -0.15) is 8.42 Å². The maximum atomic E-state index is 14.6. The molecule has 5 atom stereocenters. The zero-order valence-corrected chi connectivity index (χ0v) is 32.6. The van der Waals surface area contributed by atoms with E-state index < -0.39 is 57.2 Å². The van der Waals surface area contributed by atoms with Crippen LogP contribution in [0, 0.1) is 22.7 Å². The van der Waals surface area contributed by atoms with Crippen molar-refractivity contribution in [2.75, 3.05) is 13.7 Å². The number of nitrogens with one attached hydrogen (secondary N) is 1. The van der Waals surface area contributed by atoms with Crippen molar-refractivity contribution in [1.29, 1.82) is 0 Å². The van der Waals surface area contributed by atoms with Crippen LogP contribution in [0.5, 0.6) is 11.5 Å². The van der Waals surface area contributed by atoms with E-state index in [4.69, 9.17) is 30.0 Å². The number of nitrogens with zero attached hydrogens (tertiary/aromatic N) is 2. The molecule has 1 saturated heterocycles. The molecule has 2 aromatic rings. The first-order valence-electron chi connectivity index (χ1n) is 18.6. The number of aromatic nitrogens is 1. The van der Waals surface area contributed by atoms with Gasteiger partial charge in [-0.05, 0) is 74.5 Å². The van der Waals surface area contributed by atoms with Crippen molar-refractivity contribution < 1.29 is 46.0 Å². The van der Waals surface area contributed by atoms with E-state index in [0.717, 1.165) is 25.7 Å². The van der Waals surface area contributed by atoms with E-state index in [-0.39, 0.29) is 49.5 Å². The lowest BCUT2D eigenvalue weighted by Crippen LogP contribution is -2.48. The summed E-state index contributed by atoms with van der Waals surface area (Å²) in [6.45, 7) is 7.54. The van der Waals surface area contributed by atoms with Gasteiger partial charge in [0.05, 0.1) is 49.1 Å². The predicted molar refractivity (Wildman–Crippen MR) is 195 cm³/mol. The number of likely N-dealkylation sites (tertiary alicyclic amines) is 1. The summed E-state index contributed by atoms with van der Waals surface area (Å²) in [5.74, 6) is -2.15. The molecule has 4 fully saturated rings. The molecule has 15 heteroatoms. The Morgan fingerprint density at radius 3 is 2.38 bits per heavy atom. The van der Waals surface area contributed by atoms with E-state index in [9.17, 15) is 27.6 Å². The second-order valence-corrected chi connectivity index (χ2v) is 17.8. The van der Waals surface area contributed by atoms with E-state index in [1.54, 1.807) is 24.4 Å². The number of carbonyl (C=O) groups is 4. The van der Waals surface area contributed by atoms with Crippen molar-refractivity contribution in [3.05, 3.63) is 29.4 Å². The maximum Gasteiger partial charge on any atom is 0.362 e. The van der Waals surface area contributed by atoms with Crippen LogP contribution in [0.2, 0.25) is 5.02 Å². The molecule has 4 aliphatic rings. The first-order valence-corrected chi connectivity index (χ1v) is 20.4. The quantitative estimate of drug-likeness (QED) is 0.221. The van der Waals surface area contributed by atoms with Crippen molar-refractivity contribution in [3.63, 3.8) is 0 Å². The molecule has 0 unspecified atom stereocenters. The lowest BCUT2D eigenvalue weighted by atomic mass is 9.77. The normalized spacial score (nSPS) is 25.2.